The molecule has 1 aliphatic rings. The van der Waals surface area contributed by atoms with Gasteiger partial charge in [0.25, 0.3) is 5.91 Å². The molecule has 0 aliphatic carbocycles. The minimum absolute atomic E-state index is 0.0417. The molecule has 6 nitrogen and oxygen atoms in total. The van der Waals surface area contributed by atoms with Gasteiger partial charge >= 0.3 is 0 Å². The third kappa shape index (κ3) is 6.56. The first-order valence-corrected chi connectivity index (χ1v) is 12.9. The van der Waals surface area contributed by atoms with Gasteiger partial charge in [-0.1, -0.05) is 50.7 Å². The quantitative estimate of drug-likeness (QED) is 0.364. The molecule has 1 N–H and O–H groups in total. The van der Waals surface area contributed by atoms with Crippen molar-refractivity contribution in [2.24, 2.45) is 0 Å². The van der Waals surface area contributed by atoms with Crippen LogP contribution in [0.2, 0.25) is 0 Å². The second-order valence-corrected chi connectivity index (χ2v) is 10.6. The molecule has 1 aliphatic heterocycles. The Kier molecular flexibility index (Phi) is 7.83. The minimum Gasteiger partial charge on any atom is -0.356 e. The summed E-state index contributed by atoms with van der Waals surface area (Å²) in [4.78, 5) is 29.0. The summed E-state index contributed by atoms with van der Waals surface area (Å²) < 4.78 is 0. The number of nitrogens with one attached hydrogen (secondary N) is 1. The van der Waals surface area contributed by atoms with E-state index in [0.717, 1.165) is 41.0 Å². The van der Waals surface area contributed by atoms with Gasteiger partial charge in [-0.3, -0.25) is 9.78 Å². The van der Waals surface area contributed by atoms with Crippen LogP contribution in [0.25, 0.3) is 0 Å². The highest BCUT2D eigenvalue weighted by Gasteiger charge is 2.22. The molecule has 3 heterocycles. The lowest BCUT2D eigenvalue weighted by Gasteiger charge is -2.23. The number of carbonyl (C=O) groups excluding carboxylic acids is 1. The van der Waals surface area contributed by atoms with E-state index in [1.807, 2.05) is 42.5 Å². The zero-order valence-corrected chi connectivity index (χ0v) is 21.1. The van der Waals surface area contributed by atoms with Gasteiger partial charge in [-0.05, 0) is 42.7 Å². The Balaban J connectivity index is 1.40. The molecule has 0 unspecified atom stereocenters. The summed E-state index contributed by atoms with van der Waals surface area (Å²) in [6.45, 7) is 9.24. The predicted octanol–water partition coefficient (Wildman–Crippen LogP) is 5.03. The molecule has 4 rings (SSSR count). The molecule has 1 aromatic carbocycles. The van der Waals surface area contributed by atoms with Crippen molar-refractivity contribution in [2.45, 2.75) is 56.4 Å². The van der Waals surface area contributed by atoms with Crippen molar-refractivity contribution in [2.75, 3.05) is 24.5 Å². The molecular weight excluding hydrogens is 442 g/mol. The van der Waals surface area contributed by atoms with Crippen molar-refractivity contribution in [1.29, 1.82) is 0 Å². The molecule has 3 aromatic rings. The summed E-state index contributed by atoms with van der Waals surface area (Å²) in [5, 5.41) is 3.79. The zero-order valence-electron chi connectivity index (χ0n) is 20.3. The average molecular weight is 476 g/mol. The van der Waals surface area contributed by atoms with Crippen molar-refractivity contribution in [3.8, 4) is 0 Å². The van der Waals surface area contributed by atoms with Crippen molar-refractivity contribution in [1.82, 2.24) is 20.3 Å². The molecule has 0 spiro atoms. The Labute approximate surface area is 206 Å². The average Bonchev–Trinajstić information content (AvgIpc) is 3.38. The summed E-state index contributed by atoms with van der Waals surface area (Å²) in [5.74, 6) is 1.67. The van der Waals surface area contributed by atoms with Gasteiger partial charge in [0, 0.05) is 60.7 Å². The van der Waals surface area contributed by atoms with Crippen LogP contribution < -0.4 is 10.2 Å². The normalized spacial score (nSPS) is 13.8. The smallest absolute Gasteiger partial charge is 0.251 e. The van der Waals surface area contributed by atoms with Crippen LogP contribution >= 0.6 is 11.8 Å². The van der Waals surface area contributed by atoms with Crippen molar-refractivity contribution in [3.63, 3.8) is 0 Å². The standard InChI is InChI=1S/C27H33N5OS/c1-27(2,3)23-18-24(32-15-6-7-16-32)31-26(30-23)34-19-20-9-8-10-21(17-20)25(33)29-14-12-22-11-4-5-13-28-22/h4-5,8-11,13,17-18H,6-7,12,14-16,19H2,1-3H3,(H,29,33). The van der Waals surface area contributed by atoms with E-state index in [0.29, 0.717) is 24.3 Å². The summed E-state index contributed by atoms with van der Waals surface area (Å²) in [6, 6.07) is 15.8. The molecular formula is C27H33N5OS. The van der Waals surface area contributed by atoms with Crippen LogP contribution in [0.15, 0.2) is 59.9 Å². The lowest BCUT2D eigenvalue weighted by molar-refractivity contribution is 0.0954. The number of anilines is 1. The van der Waals surface area contributed by atoms with Crippen LogP contribution in [0.4, 0.5) is 5.82 Å². The Morgan fingerprint density at radius 3 is 2.62 bits per heavy atom. The number of pyridine rings is 1. The van der Waals surface area contributed by atoms with Crippen LogP contribution in [0.5, 0.6) is 0 Å². The van der Waals surface area contributed by atoms with Crippen LogP contribution in [0.1, 0.15) is 60.9 Å². The molecule has 1 amide bonds. The Hall–Kier alpha value is -2.93. The molecule has 0 bridgehead atoms. The first-order valence-electron chi connectivity index (χ1n) is 11.9. The summed E-state index contributed by atoms with van der Waals surface area (Å²) in [5.41, 5.74) is 3.74. The molecule has 2 aromatic heterocycles. The fraction of sp³-hybridized carbons (Fsp3) is 0.407. The van der Waals surface area contributed by atoms with Crippen LogP contribution in [-0.2, 0) is 17.6 Å². The van der Waals surface area contributed by atoms with Crippen molar-refractivity contribution >= 4 is 23.5 Å². The number of amides is 1. The number of thioether (sulfide) groups is 1. The van der Waals surface area contributed by atoms with E-state index in [1.165, 1.54) is 12.8 Å². The molecule has 1 fully saturated rings. The molecule has 34 heavy (non-hydrogen) atoms. The number of aromatic nitrogens is 3. The maximum absolute atomic E-state index is 12.6. The Morgan fingerprint density at radius 2 is 1.88 bits per heavy atom. The first kappa shape index (κ1) is 24.2. The van der Waals surface area contributed by atoms with Gasteiger partial charge in [0.05, 0.1) is 5.69 Å². The topological polar surface area (TPSA) is 71.0 Å². The molecule has 178 valence electrons. The van der Waals surface area contributed by atoms with Crippen molar-refractivity contribution < 1.29 is 4.79 Å². The zero-order chi connectivity index (χ0) is 24.0. The van der Waals surface area contributed by atoms with Gasteiger partial charge < -0.3 is 10.2 Å². The molecule has 1 saturated heterocycles. The molecule has 0 saturated carbocycles. The van der Waals surface area contributed by atoms with Crippen molar-refractivity contribution in [3.05, 3.63) is 77.2 Å². The van der Waals surface area contributed by atoms with E-state index in [9.17, 15) is 4.79 Å². The predicted molar refractivity (Wildman–Crippen MR) is 138 cm³/mol. The largest absolute Gasteiger partial charge is 0.356 e. The number of rotatable bonds is 8. The maximum Gasteiger partial charge on any atom is 0.251 e. The van der Waals surface area contributed by atoms with E-state index in [2.05, 4.69) is 42.0 Å². The van der Waals surface area contributed by atoms with Gasteiger partial charge in [-0.2, -0.15) is 0 Å². The fourth-order valence-electron chi connectivity index (χ4n) is 3.87. The maximum atomic E-state index is 12.6. The van der Waals surface area contributed by atoms with E-state index in [1.54, 1.807) is 18.0 Å². The number of carbonyl (C=O) groups is 1. The van der Waals surface area contributed by atoms with E-state index in [4.69, 9.17) is 9.97 Å². The van der Waals surface area contributed by atoms with E-state index < -0.39 is 0 Å². The third-order valence-electron chi connectivity index (χ3n) is 5.84. The van der Waals surface area contributed by atoms with Crippen LogP contribution in [-0.4, -0.2) is 40.5 Å². The van der Waals surface area contributed by atoms with Gasteiger partial charge in [-0.25, -0.2) is 9.97 Å². The number of benzene rings is 1. The highest BCUT2D eigenvalue weighted by atomic mass is 32.2. The van der Waals surface area contributed by atoms with Gasteiger partial charge in [0.15, 0.2) is 5.16 Å². The number of hydrogen-bond donors (Lipinski definition) is 1. The SMILES string of the molecule is CC(C)(C)c1cc(N2CCCC2)nc(SCc2cccc(C(=O)NCCc3ccccn3)c2)n1. The minimum atomic E-state index is -0.0647. The van der Waals surface area contributed by atoms with E-state index in [-0.39, 0.29) is 11.3 Å². The number of hydrogen-bond acceptors (Lipinski definition) is 6. The second-order valence-electron chi connectivity index (χ2n) is 9.65. The van der Waals surface area contributed by atoms with Crippen LogP contribution in [0, 0.1) is 0 Å². The summed E-state index contributed by atoms with van der Waals surface area (Å²) in [7, 11) is 0. The highest BCUT2D eigenvalue weighted by Crippen LogP contribution is 2.29. The Morgan fingerprint density at radius 1 is 1.06 bits per heavy atom. The lowest BCUT2D eigenvalue weighted by Crippen LogP contribution is -2.25. The van der Waals surface area contributed by atoms with E-state index >= 15 is 0 Å². The molecule has 0 radical (unpaired) electrons. The number of nitrogens with zero attached hydrogens (tertiary/aromatic N) is 4. The summed E-state index contributed by atoms with van der Waals surface area (Å²) >= 11 is 1.62. The fourth-order valence-corrected chi connectivity index (χ4v) is 4.67. The molecule has 7 heteroatoms. The monoisotopic (exact) mass is 475 g/mol. The Bertz CT molecular complexity index is 1110. The molecule has 0 atom stereocenters. The van der Waals surface area contributed by atoms with Gasteiger partial charge in [0.2, 0.25) is 0 Å². The lowest BCUT2D eigenvalue weighted by atomic mass is 9.92. The second kappa shape index (κ2) is 11.0. The highest BCUT2D eigenvalue weighted by molar-refractivity contribution is 7.98. The van der Waals surface area contributed by atoms with Crippen LogP contribution in [0.3, 0.4) is 0 Å². The third-order valence-corrected chi connectivity index (χ3v) is 6.76. The first-order chi connectivity index (χ1) is 16.4. The summed E-state index contributed by atoms with van der Waals surface area (Å²) in [6.07, 6.45) is 4.91. The van der Waals surface area contributed by atoms with Gasteiger partial charge in [0.1, 0.15) is 5.82 Å². The van der Waals surface area contributed by atoms with Gasteiger partial charge in [-0.15, -0.1) is 0 Å².